The summed E-state index contributed by atoms with van der Waals surface area (Å²) < 4.78 is 36.9. The molecule has 1 amide bonds. The van der Waals surface area contributed by atoms with Gasteiger partial charge in [-0.05, 0) is 49.9 Å². The third-order valence-corrected chi connectivity index (χ3v) is 5.12. The number of rotatable bonds is 7. The van der Waals surface area contributed by atoms with Gasteiger partial charge in [0.25, 0.3) is 0 Å². The summed E-state index contributed by atoms with van der Waals surface area (Å²) in [5.74, 6) is 0.649. The molecule has 4 rings (SSSR count). The van der Waals surface area contributed by atoms with Gasteiger partial charge in [0.2, 0.25) is 0 Å². The van der Waals surface area contributed by atoms with Gasteiger partial charge in [-0.15, -0.1) is 0 Å². The molecule has 0 radical (unpaired) electrons. The van der Waals surface area contributed by atoms with E-state index in [-0.39, 0.29) is 5.75 Å². The molecule has 0 unspecified atom stereocenters. The summed E-state index contributed by atoms with van der Waals surface area (Å²) in [5, 5.41) is 3.45. The molecule has 6 nitrogen and oxygen atoms in total. The summed E-state index contributed by atoms with van der Waals surface area (Å²) in [6.07, 6.45) is 1.75. The van der Waals surface area contributed by atoms with Gasteiger partial charge in [-0.2, -0.15) is 8.78 Å². The summed E-state index contributed by atoms with van der Waals surface area (Å²) in [7, 11) is 0. The first-order valence-electron chi connectivity index (χ1n) is 9.87. The molecule has 0 saturated heterocycles. The molecule has 8 heteroatoms. The SMILES string of the molecule is CCOC(=O)Nc1ccc(-c2c(N)c3ccc(OC(F)F)cc3n2CC2CC2)cc1. The molecule has 3 aromatic rings. The molecule has 0 bridgehead atoms. The lowest BCUT2D eigenvalue weighted by Crippen LogP contribution is -2.13. The minimum absolute atomic E-state index is 0.104. The van der Waals surface area contributed by atoms with Crippen LogP contribution in [0.2, 0.25) is 0 Å². The molecule has 1 aromatic heterocycles. The second-order valence-electron chi connectivity index (χ2n) is 7.30. The Morgan fingerprint density at radius 2 is 1.97 bits per heavy atom. The predicted octanol–water partition coefficient (Wildman–Crippen LogP) is 5.47. The van der Waals surface area contributed by atoms with Crippen molar-refractivity contribution in [2.45, 2.75) is 32.9 Å². The zero-order chi connectivity index (χ0) is 21.3. The van der Waals surface area contributed by atoms with E-state index in [2.05, 4.69) is 14.6 Å². The maximum absolute atomic E-state index is 12.7. The lowest BCUT2D eigenvalue weighted by atomic mass is 10.1. The Balaban J connectivity index is 1.73. The number of carbonyl (C=O) groups excluding carboxylic acids is 1. The van der Waals surface area contributed by atoms with Crippen molar-refractivity contribution in [3.63, 3.8) is 0 Å². The van der Waals surface area contributed by atoms with E-state index in [0.717, 1.165) is 41.5 Å². The maximum Gasteiger partial charge on any atom is 0.411 e. The summed E-state index contributed by atoms with van der Waals surface area (Å²) in [6.45, 7) is -0.101. The van der Waals surface area contributed by atoms with Gasteiger partial charge < -0.3 is 19.8 Å². The van der Waals surface area contributed by atoms with Crippen LogP contribution in [0, 0.1) is 5.92 Å². The smallest absolute Gasteiger partial charge is 0.411 e. The molecule has 158 valence electrons. The molecule has 1 heterocycles. The van der Waals surface area contributed by atoms with Crippen LogP contribution in [0.1, 0.15) is 19.8 Å². The van der Waals surface area contributed by atoms with Crippen LogP contribution in [0.5, 0.6) is 5.75 Å². The number of hydrogen-bond donors (Lipinski definition) is 2. The first-order chi connectivity index (χ1) is 14.5. The third kappa shape index (κ3) is 4.17. The fourth-order valence-corrected chi connectivity index (χ4v) is 3.59. The Morgan fingerprint density at radius 3 is 2.60 bits per heavy atom. The van der Waals surface area contributed by atoms with Crippen molar-refractivity contribution in [1.29, 1.82) is 0 Å². The lowest BCUT2D eigenvalue weighted by Gasteiger charge is -2.12. The molecule has 1 aliphatic carbocycles. The van der Waals surface area contributed by atoms with Gasteiger partial charge in [0, 0.05) is 29.2 Å². The zero-order valence-corrected chi connectivity index (χ0v) is 16.5. The molecule has 1 saturated carbocycles. The van der Waals surface area contributed by atoms with E-state index in [1.807, 2.05) is 12.1 Å². The zero-order valence-electron chi connectivity index (χ0n) is 16.5. The van der Waals surface area contributed by atoms with E-state index >= 15 is 0 Å². The van der Waals surface area contributed by atoms with Crippen molar-refractivity contribution in [1.82, 2.24) is 4.57 Å². The molecule has 1 fully saturated rings. The van der Waals surface area contributed by atoms with Crippen LogP contribution in [-0.4, -0.2) is 23.9 Å². The van der Waals surface area contributed by atoms with Crippen molar-refractivity contribution in [3.8, 4) is 17.0 Å². The van der Waals surface area contributed by atoms with Gasteiger partial charge in [0.1, 0.15) is 5.75 Å². The number of alkyl halides is 2. The minimum atomic E-state index is -2.88. The molecule has 0 atom stereocenters. The van der Waals surface area contributed by atoms with Crippen LogP contribution in [0.4, 0.5) is 25.0 Å². The summed E-state index contributed by atoms with van der Waals surface area (Å²) in [6, 6.07) is 12.1. The van der Waals surface area contributed by atoms with Crippen LogP contribution >= 0.6 is 0 Å². The number of ether oxygens (including phenoxy) is 2. The highest BCUT2D eigenvalue weighted by atomic mass is 19.3. The summed E-state index contributed by atoms with van der Waals surface area (Å²) in [4.78, 5) is 11.6. The molecule has 0 spiro atoms. The molecular weight excluding hydrogens is 392 g/mol. The van der Waals surface area contributed by atoms with Gasteiger partial charge in [-0.1, -0.05) is 12.1 Å². The monoisotopic (exact) mass is 415 g/mol. The standard InChI is InChI=1S/C22H23F2N3O3/c1-2-29-22(28)26-15-7-5-14(6-8-15)20-19(25)17-10-9-16(30-21(23)24)11-18(17)27(20)12-13-3-4-13/h5-11,13,21H,2-4,12,25H2,1H3,(H,26,28). The summed E-state index contributed by atoms with van der Waals surface area (Å²) in [5.41, 5.74) is 10.1. The number of hydrogen-bond acceptors (Lipinski definition) is 4. The van der Waals surface area contributed by atoms with Crippen molar-refractivity contribution in [2.75, 3.05) is 17.7 Å². The number of anilines is 2. The van der Waals surface area contributed by atoms with Crippen molar-refractivity contribution < 1.29 is 23.0 Å². The van der Waals surface area contributed by atoms with Crippen LogP contribution < -0.4 is 15.8 Å². The first kappa shape index (κ1) is 20.0. The van der Waals surface area contributed by atoms with Crippen LogP contribution in [0.15, 0.2) is 42.5 Å². The molecule has 1 aliphatic rings. The molecular formula is C22H23F2N3O3. The Kier molecular flexibility index (Phi) is 5.48. The van der Waals surface area contributed by atoms with E-state index in [1.165, 1.54) is 6.07 Å². The van der Waals surface area contributed by atoms with Crippen LogP contribution in [-0.2, 0) is 11.3 Å². The molecule has 30 heavy (non-hydrogen) atoms. The number of nitrogen functional groups attached to an aromatic ring is 1. The number of amides is 1. The van der Waals surface area contributed by atoms with Crippen LogP contribution in [0.25, 0.3) is 22.2 Å². The fourth-order valence-electron chi connectivity index (χ4n) is 3.59. The van der Waals surface area contributed by atoms with Crippen molar-refractivity contribution in [2.24, 2.45) is 5.92 Å². The quantitative estimate of drug-likeness (QED) is 0.536. The average molecular weight is 415 g/mol. The van der Waals surface area contributed by atoms with Crippen molar-refractivity contribution >= 4 is 28.4 Å². The third-order valence-electron chi connectivity index (χ3n) is 5.12. The highest BCUT2D eigenvalue weighted by Gasteiger charge is 2.26. The minimum Gasteiger partial charge on any atom is -0.450 e. The normalized spacial score (nSPS) is 13.6. The number of nitrogens with two attached hydrogens (primary N) is 1. The second-order valence-corrected chi connectivity index (χ2v) is 7.30. The highest BCUT2D eigenvalue weighted by Crippen LogP contribution is 2.41. The van der Waals surface area contributed by atoms with Gasteiger partial charge in [-0.25, -0.2) is 4.79 Å². The maximum atomic E-state index is 12.7. The number of aromatic nitrogens is 1. The van der Waals surface area contributed by atoms with Gasteiger partial charge in [-0.3, -0.25) is 5.32 Å². The van der Waals surface area contributed by atoms with E-state index < -0.39 is 12.7 Å². The fraction of sp³-hybridized carbons (Fsp3) is 0.318. The van der Waals surface area contributed by atoms with E-state index in [1.54, 1.807) is 31.2 Å². The van der Waals surface area contributed by atoms with E-state index in [0.29, 0.717) is 23.9 Å². The average Bonchev–Trinajstić information content (AvgIpc) is 3.48. The van der Waals surface area contributed by atoms with E-state index in [9.17, 15) is 13.6 Å². The predicted molar refractivity (Wildman–Crippen MR) is 112 cm³/mol. The lowest BCUT2D eigenvalue weighted by molar-refractivity contribution is -0.0497. The molecule has 3 N–H and O–H groups in total. The van der Waals surface area contributed by atoms with Gasteiger partial charge in [0.05, 0.1) is 23.5 Å². The van der Waals surface area contributed by atoms with Gasteiger partial charge >= 0.3 is 12.7 Å². The van der Waals surface area contributed by atoms with Crippen molar-refractivity contribution in [3.05, 3.63) is 42.5 Å². The number of fused-ring (bicyclic) bond motifs is 1. The topological polar surface area (TPSA) is 78.5 Å². The number of benzene rings is 2. The van der Waals surface area contributed by atoms with E-state index in [4.69, 9.17) is 10.5 Å². The Labute approximate surface area is 172 Å². The van der Waals surface area contributed by atoms with Gasteiger partial charge in [0.15, 0.2) is 0 Å². The number of nitrogens with one attached hydrogen (secondary N) is 1. The molecule has 0 aliphatic heterocycles. The largest absolute Gasteiger partial charge is 0.450 e. The Hall–Kier alpha value is -3.29. The second kappa shape index (κ2) is 8.22. The summed E-state index contributed by atoms with van der Waals surface area (Å²) >= 11 is 0. The number of carbonyl (C=O) groups is 1. The number of halogens is 2. The molecule has 2 aromatic carbocycles. The van der Waals surface area contributed by atoms with Crippen LogP contribution in [0.3, 0.4) is 0 Å². The highest BCUT2D eigenvalue weighted by molar-refractivity contribution is 6.01. The Morgan fingerprint density at radius 1 is 1.23 bits per heavy atom. The number of nitrogens with zero attached hydrogens (tertiary/aromatic N) is 1. The Bertz CT molecular complexity index is 1060. The first-order valence-corrected chi connectivity index (χ1v) is 9.87.